The number of fused-ring (bicyclic) bond motifs is 5. The number of hydrogen-bond acceptors (Lipinski definition) is 7. The Kier molecular flexibility index (Phi) is 5.88. The summed E-state index contributed by atoms with van der Waals surface area (Å²) in [4.78, 5) is 37.7. The molecule has 3 aliphatic rings. The van der Waals surface area contributed by atoms with Crippen LogP contribution in [0.15, 0.2) is 33.9 Å². The van der Waals surface area contributed by atoms with Crippen LogP contribution in [0.1, 0.15) is 25.8 Å². The Hall–Kier alpha value is -2.68. The average molecular weight is 491 g/mol. The Morgan fingerprint density at radius 2 is 1.90 bits per heavy atom. The molecule has 1 heterocycles. The number of methoxy groups -OCH3 is 1. The van der Waals surface area contributed by atoms with Crippen LogP contribution < -0.4 is 9.47 Å². The minimum atomic E-state index is -0.890. The van der Waals surface area contributed by atoms with Crippen LogP contribution in [0.3, 0.4) is 0 Å². The summed E-state index contributed by atoms with van der Waals surface area (Å²) in [6, 6.07) is 3.39. The topological polar surface area (TPSA) is 94.5 Å². The van der Waals surface area contributed by atoms with E-state index in [0.29, 0.717) is 15.8 Å². The first-order valence-electron chi connectivity index (χ1n) is 10.2. The Morgan fingerprint density at radius 1 is 1.26 bits per heavy atom. The molecule has 4 rings (SSSR count). The number of imide groups is 1. The van der Waals surface area contributed by atoms with Crippen molar-refractivity contribution in [1.29, 1.82) is 0 Å². The molecule has 8 nitrogen and oxygen atoms in total. The third-order valence-electron chi connectivity index (χ3n) is 5.94. The number of halogens is 1. The number of esters is 1. The summed E-state index contributed by atoms with van der Waals surface area (Å²) < 4.78 is 16.9. The monoisotopic (exact) mass is 490 g/mol. The third kappa shape index (κ3) is 3.75. The smallest absolute Gasteiger partial charge is 0.347 e. The molecule has 164 valence electrons. The second-order valence-corrected chi connectivity index (χ2v) is 8.69. The zero-order chi connectivity index (χ0) is 22.3. The van der Waals surface area contributed by atoms with Gasteiger partial charge in [0, 0.05) is 10.0 Å². The van der Waals surface area contributed by atoms with E-state index in [1.165, 1.54) is 13.3 Å². The maximum atomic E-state index is 12.9. The predicted octanol–water partition coefficient (Wildman–Crippen LogP) is 2.93. The first-order chi connectivity index (χ1) is 14.8. The van der Waals surface area contributed by atoms with Gasteiger partial charge in [-0.2, -0.15) is 10.1 Å². The molecule has 1 saturated heterocycles. The Morgan fingerprint density at radius 3 is 2.48 bits per heavy atom. The molecule has 1 aromatic carbocycles. The molecule has 5 atom stereocenters. The van der Waals surface area contributed by atoms with Crippen molar-refractivity contribution in [2.75, 3.05) is 13.7 Å². The van der Waals surface area contributed by atoms with Crippen molar-refractivity contribution in [3.8, 4) is 11.5 Å². The number of hydrazone groups is 1. The van der Waals surface area contributed by atoms with Crippen LogP contribution in [0, 0.1) is 23.7 Å². The summed E-state index contributed by atoms with van der Waals surface area (Å²) in [5, 5.41) is 5.17. The van der Waals surface area contributed by atoms with Crippen molar-refractivity contribution < 1.29 is 28.6 Å². The number of nitrogens with zero attached hydrogens (tertiary/aromatic N) is 2. The number of hydrogen-bond donors (Lipinski definition) is 0. The standard InChI is InChI=1S/C22H23BrN2O6/c1-4-30-22(28)11(2)31-19-14(8-15(23)9-16(19)29-3)10-24-25-20(26)17-12-5-6-13(7-12)18(17)21(25)27/h5-6,8-13,17-18H,4,7H2,1-3H3. The molecule has 2 fully saturated rings. The lowest BCUT2D eigenvalue weighted by Gasteiger charge is -2.18. The van der Waals surface area contributed by atoms with Gasteiger partial charge in [0.05, 0.1) is 31.8 Å². The van der Waals surface area contributed by atoms with E-state index >= 15 is 0 Å². The van der Waals surface area contributed by atoms with E-state index < -0.39 is 12.1 Å². The van der Waals surface area contributed by atoms with Gasteiger partial charge in [0.2, 0.25) is 0 Å². The molecule has 1 aromatic rings. The van der Waals surface area contributed by atoms with Crippen LogP contribution in [-0.4, -0.2) is 48.8 Å². The summed E-state index contributed by atoms with van der Waals surface area (Å²) in [5.74, 6) is -0.853. The summed E-state index contributed by atoms with van der Waals surface area (Å²) in [7, 11) is 1.47. The van der Waals surface area contributed by atoms with Gasteiger partial charge in [0.25, 0.3) is 11.8 Å². The highest BCUT2D eigenvalue weighted by Gasteiger charge is 2.59. The highest BCUT2D eigenvalue weighted by Crippen LogP contribution is 2.52. The highest BCUT2D eigenvalue weighted by molar-refractivity contribution is 9.10. The molecule has 0 N–H and O–H groups in total. The van der Waals surface area contributed by atoms with Gasteiger partial charge < -0.3 is 14.2 Å². The molecule has 9 heteroatoms. The van der Waals surface area contributed by atoms with E-state index in [9.17, 15) is 14.4 Å². The van der Waals surface area contributed by atoms with E-state index in [0.717, 1.165) is 11.4 Å². The van der Waals surface area contributed by atoms with Gasteiger partial charge in [0.15, 0.2) is 17.6 Å². The van der Waals surface area contributed by atoms with E-state index in [-0.39, 0.29) is 47.8 Å². The molecule has 0 aromatic heterocycles. The number of benzene rings is 1. The predicted molar refractivity (Wildman–Crippen MR) is 115 cm³/mol. The maximum absolute atomic E-state index is 12.9. The van der Waals surface area contributed by atoms with Crippen LogP contribution in [0.25, 0.3) is 0 Å². The number of allylic oxidation sites excluding steroid dienone is 2. The third-order valence-corrected chi connectivity index (χ3v) is 6.40. The van der Waals surface area contributed by atoms with E-state index in [1.54, 1.807) is 26.0 Å². The lowest BCUT2D eigenvalue weighted by atomic mass is 9.85. The van der Waals surface area contributed by atoms with E-state index in [4.69, 9.17) is 14.2 Å². The van der Waals surface area contributed by atoms with Crippen molar-refractivity contribution in [2.24, 2.45) is 28.8 Å². The first-order valence-corrected chi connectivity index (χ1v) is 11.0. The highest BCUT2D eigenvalue weighted by atomic mass is 79.9. The molecular formula is C22H23BrN2O6. The van der Waals surface area contributed by atoms with Gasteiger partial charge in [-0.05, 0) is 44.2 Å². The van der Waals surface area contributed by atoms with Crippen molar-refractivity contribution in [3.05, 3.63) is 34.3 Å². The van der Waals surface area contributed by atoms with Crippen LogP contribution in [-0.2, 0) is 19.1 Å². The zero-order valence-corrected chi connectivity index (χ0v) is 19.0. The number of carbonyl (C=O) groups excluding carboxylic acids is 3. The number of carbonyl (C=O) groups is 3. The lowest BCUT2D eigenvalue weighted by Crippen LogP contribution is -2.28. The normalized spacial score (nSPS) is 27.2. The van der Waals surface area contributed by atoms with Crippen molar-refractivity contribution in [1.82, 2.24) is 5.01 Å². The van der Waals surface area contributed by atoms with Gasteiger partial charge in [-0.1, -0.05) is 28.1 Å². The average Bonchev–Trinajstić information content (AvgIpc) is 3.42. The molecule has 1 aliphatic heterocycles. The maximum Gasteiger partial charge on any atom is 0.347 e. The summed E-state index contributed by atoms with van der Waals surface area (Å²) in [5.41, 5.74) is 0.445. The second kappa shape index (κ2) is 8.45. The SMILES string of the molecule is CCOC(=O)C(C)Oc1c(C=NN2C(=O)C3C4C=CC(C4)C3C2=O)cc(Br)cc1OC. The fourth-order valence-corrected chi connectivity index (χ4v) is 5.02. The van der Waals surface area contributed by atoms with Gasteiger partial charge in [-0.15, -0.1) is 0 Å². The minimum Gasteiger partial charge on any atom is -0.493 e. The number of amides is 2. The van der Waals surface area contributed by atoms with Crippen molar-refractivity contribution in [2.45, 2.75) is 26.4 Å². The summed E-state index contributed by atoms with van der Waals surface area (Å²) >= 11 is 3.40. The minimum absolute atomic E-state index is 0.113. The Labute approximate surface area is 188 Å². The molecule has 2 aliphatic carbocycles. The largest absolute Gasteiger partial charge is 0.493 e. The summed E-state index contributed by atoms with van der Waals surface area (Å²) in [6.07, 6.45) is 5.42. The van der Waals surface area contributed by atoms with Crippen LogP contribution >= 0.6 is 15.9 Å². The van der Waals surface area contributed by atoms with Gasteiger partial charge in [0.1, 0.15) is 0 Å². The number of ether oxygens (including phenoxy) is 3. The van der Waals surface area contributed by atoms with Crippen molar-refractivity contribution >= 4 is 39.9 Å². The first kappa shape index (κ1) is 21.5. The quantitative estimate of drug-likeness (QED) is 0.252. The molecule has 0 radical (unpaired) electrons. The van der Waals surface area contributed by atoms with Crippen LogP contribution in [0.2, 0.25) is 0 Å². The Bertz CT molecular complexity index is 960. The molecule has 2 bridgehead atoms. The summed E-state index contributed by atoms with van der Waals surface area (Å²) in [6.45, 7) is 3.51. The number of rotatable bonds is 7. The molecule has 1 saturated carbocycles. The lowest BCUT2D eigenvalue weighted by molar-refractivity contribution is -0.150. The fraction of sp³-hybridized carbons (Fsp3) is 0.455. The molecular weight excluding hydrogens is 468 g/mol. The van der Waals surface area contributed by atoms with Crippen molar-refractivity contribution in [3.63, 3.8) is 0 Å². The van der Waals surface area contributed by atoms with Gasteiger partial charge in [-0.3, -0.25) is 9.59 Å². The molecule has 31 heavy (non-hydrogen) atoms. The molecule has 5 unspecified atom stereocenters. The second-order valence-electron chi connectivity index (χ2n) is 7.77. The van der Waals surface area contributed by atoms with Crippen LogP contribution in [0.4, 0.5) is 0 Å². The fourth-order valence-electron chi connectivity index (χ4n) is 4.57. The van der Waals surface area contributed by atoms with E-state index in [2.05, 4.69) is 21.0 Å². The molecule has 0 spiro atoms. The van der Waals surface area contributed by atoms with Gasteiger partial charge >= 0.3 is 5.97 Å². The zero-order valence-electron chi connectivity index (χ0n) is 17.4. The molecule has 2 amide bonds. The van der Waals surface area contributed by atoms with E-state index in [1.807, 2.05) is 12.2 Å². The van der Waals surface area contributed by atoms with Gasteiger partial charge in [-0.25, -0.2) is 4.79 Å². The Balaban J connectivity index is 1.61. The van der Waals surface area contributed by atoms with Crippen LogP contribution in [0.5, 0.6) is 11.5 Å².